The van der Waals surface area contributed by atoms with Crippen molar-refractivity contribution in [3.8, 4) is 11.6 Å². The van der Waals surface area contributed by atoms with E-state index in [1.54, 1.807) is 12.4 Å². The Hall–Kier alpha value is -2.14. The van der Waals surface area contributed by atoms with Crippen LogP contribution in [0, 0.1) is 0 Å². The summed E-state index contributed by atoms with van der Waals surface area (Å²) in [6.45, 7) is 4.77. The van der Waals surface area contributed by atoms with Gasteiger partial charge in [0.2, 0.25) is 5.88 Å². The number of benzene rings is 1. The molecule has 0 bridgehead atoms. The van der Waals surface area contributed by atoms with Crippen molar-refractivity contribution in [2.75, 3.05) is 19.8 Å². The number of para-hydroxylation sites is 1. The Bertz CT molecular complexity index is 503. The molecule has 0 spiro atoms. The van der Waals surface area contributed by atoms with E-state index in [-0.39, 0.29) is 0 Å². The standard InChI is InChI=1S/C16H21N3O2/c1-2-8-17-11-14-12-19-16(13-18-14)21-10-9-20-15-6-4-3-5-7-15/h3-7,12-13,17H,2,8-11H2,1H3. The summed E-state index contributed by atoms with van der Waals surface area (Å²) in [5.41, 5.74) is 0.913. The van der Waals surface area contributed by atoms with Gasteiger partial charge in [0.1, 0.15) is 19.0 Å². The van der Waals surface area contributed by atoms with Gasteiger partial charge in [0.25, 0.3) is 0 Å². The molecule has 0 aliphatic heterocycles. The number of ether oxygens (including phenoxy) is 2. The summed E-state index contributed by atoms with van der Waals surface area (Å²) in [5, 5.41) is 3.28. The number of rotatable bonds is 9. The fourth-order valence-electron chi connectivity index (χ4n) is 1.72. The zero-order chi connectivity index (χ0) is 14.8. The molecule has 0 saturated heterocycles. The zero-order valence-corrected chi connectivity index (χ0v) is 12.3. The fraction of sp³-hybridized carbons (Fsp3) is 0.375. The highest BCUT2D eigenvalue weighted by molar-refractivity contribution is 5.20. The van der Waals surface area contributed by atoms with Gasteiger partial charge in [-0.05, 0) is 25.1 Å². The van der Waals surface area contributed by atoms with Gasteiger partial charge >= 0.3 is 0 Å². The molecule has 0 amide bonds. The van der Waals surface area contributed by atoms with Gasteiger partial charge in [0.05, 0.1) is 18.1 Å². The Morgan fingerprint density at radius 1 is 1.00 bits per heavy atom. The Labute approximate surface area is 125 Å². The highest BCUT2D eigenvalue weighted by Crippen LogP contribution is 2.08. The van der Waals surface area contributed by atoms with E-state index in [2.05, 4.69) is 22.2 Å². The molecule has 0 radical (unpaired) electrons. The van der Waals surface area contributed by atoms with E-state index in [4.69, 9.17) is 9.47 Å². The average molecular weight is 287 g/mol. The summed E-state index contributed by atoms with van der Waals surface area (Å²) in [4.78, 5) is 8.52. The minimum Gasteiger partial charge on any atom is -0.490 e. The molecule has 0 saturated carbocycles. The van der Waals surface area contributed by atoms with Gasteiger partial charge in [0, 0.05) is 6.54 Å². The van der Waals surface area contributed by atoms with E-state index < -0.39 is 0 Å². The minimum absolute atomic E-state index is 0.441. The van der Waals surface area contributed by atoms with Crippen molar-refractivity contribution >= 4 is 0 Å². The molecule has 0 aliphatic rings. The van der Waals surface area contributed by atoms with Gasteiger partial charge in [-0.25, -0.2) is 4.98 Å². The number of nitrogens with one attached hydrogen (secondary N) is 1. The van der Waals surface area contributed by atoms with E-state index in [0.29, 0.717) is 19.1 Å². The fourth-order valence-corrected chi connectivity index (χ4v) is 1.72. The van der Waals surface area contributed by atoms with E-state index in [1.807, 2.05) is 30.3 Å². The molecular formula is C16H21N3O2. The zero-order valence-electron chi connectivity index (χ0n) is 12.3. The lowest BCUT2D eigenvalue weighted by Gasteiger charge is -2.08. The predicted octanol–water partition coefficient (Wildman–Crippen LogP) is 2.43. The summed E-state index contributed by atoms with van der Waals surface area (Å²) >= 11 is 0. The normalized spacial score (nSPS) is 10.3. The molecule has 1 heterocycles. The molecule has 1 aromatic heterocycles. The van der Waals surface area contributed by atoms with Crippen molar-refractivity contribution in [2.24, 2.45) is 0 Å². The van der Waals surface area contributed by atoms with Crippen molar-refractivity contribution in [3.05, 3.63) is 48.4 Å². The van der Waals surface area contributed by atoms with Crippen molar-refractivity contribution < 1.29 is 9.47 Å². The lowest BCUT2D eigenvalue weighted by molar-refractivity contribution is 0.211. The number of hydrogen-bond acceptors (Lipinski definition) is 5. The summed E-state index contributed by atoms with van der Waals surface area (Å²) in [6.07, 6.45) is 4.48. The first kappa shape index (κ1) is 15.3. The monoisotopic (exact) mass is 287 g/mol. The maximum absolute atomic E-state index is 5.53. The molecular weight excluding hydrogens is 266 g/mol. The van der Waals surface area contributed by atoms with Crippen molar-refractivity contribution in [2.45, 2.75) is 19.9 Å². The lowest BCUT2D eigenvalue weighted by Crippen LogP contribution is -2.15. The van der Waals surface area contributed by atoms with Gasteiger partial charge < -0.3 is 14.8 Å². The SMILES string of the molecule is CCCNCc1cnc(OCCOc2ccccc2)cn1. The Morgan fingerprint density at radius 2 is 1.81 bits per heavy atom. The maximum Gasteiger partial charge on any atom is 0.232 e. The van der Waals surface area contributed by atoms with Gasteiger partial charge in [-0.3, -0.25) is 4.98 Å². The van der Waals surface area contributed by atoms with Crippen LogP contribution in [0.5, 0.6) is 11.6 Å². The van der Waals surface area contributed by atoms with E-state index in [0.717, 1.165) is 31.0 Å². The number of aromatic nitrogens is 2. The smallest absolute Gasteiger partial charge is 0.232 e. The molecule has 2 aromatic rings. The van der Waals surface area contributed by atoms with Crippen LogP contribution in [0.15, 0.2) is 42.7 Å². The van der Waals surface area contributed by atoms with Crippen molar-refractivity contribution in [1.29, 1.82) is 0 Å². The molecule has 1 aromatic carbocycles. The van der Waals surface area contributed by atoms with Crippen LogP contribution in [0.4, 0.5) is 0 Å². The molecule has 5 heteroatoms. The van der Waals surface area contributed by atoms with Crippen LogP contribution < -0.4 is 14.8 Å². The summed E-state index contributed by atoms with van der Waals surface area (Å²) in [6, 6.07) is 9.66. The van der Waals surface area contributed by atoms with Gasteiger partial charge in [-0.15, -0.1) is 0 Å². The highest BCUT2D eigenvalue weighted by atomic mass is 16.5. The molecule has 21 heavy (non-hydrogen) atoms. The number of hydrogen-bond donors (Lipinski definition) is 1. The molecule has 2 rings (SSSR count). The van der Waals surface area contributed by atoms with E-state index >= 15 is 0 Å². The molecule has 0 aliphatic carbocycles. The topological polar surface area (TPSA) is 56.3 Å². The first-order chi connectivity index (χ1) is 10.4. The molecule has 112 valence electrons. The van der Waals surface area contributed by atoms with Gasteiger partial charge in [0.15, 0.2) is 0 Å². The van der Waals surface area contributed by atoms with Crippen LogP contribution in [0.3, 0.4) is 0 Å². The summed E-state index contributed by atoms with van der Waals surface area (Å²) in [7, 11) is 0. The van der Waals surface area contributed by atoms with Crippen LogP contribution in [0.2, 0.25) is 0 Å². The second-order valence-corrected chi connectivity index (χ2v) is 4.53. The Kier molecular flexibility index (Phi) is 6.48. The third kappa shape index (κ3) is 5.79. The molecule has 0 unspecified atom stereocenters. The second-order valence-electron chi connectivity index (χ2n) is 4.53. The number of nitrogens with zero attached hydrogens (tertiary/aromatic N) is 2. The third-order valence-electron chi connectivity index (χ3n) is 2.76. The predicted molar refractivity (Wildman–Crippen MR) is 81.5 cm³/mol. The van der Waals surface area contributed by atoms with Gasteiger partial charge in [-0.2, -0.15) is 0 Å². The average Bonchev–Trinajstić information content (AvgIpc) is 2.54. The minimum atomic E-state index is 0.441. The van der Waals surface area contributed by atoms with Gasteiger partial charge in [-0.1, -0.05) is 25.1 Å². The quantitative estimate of drug-likeness (QED) is 0.718. The molecule has 5 nitrogen and oxygen atoms in total. The molecule has 1 N–H and O–H groups in total. The van der Waals surface area contributed by atoms with E-state index in [1.165, 1.54) is 0 Å². The van der Waals surface area contributed by atoms with Crippen LogP contribution in [-0.4, -0.2) is 29.7 Å². The van der Waals surface area contributed by atoms with E-state index in [9.17, 15) is 0 Å². The lowest BCUT2D eigenvalue weighted by atomic mass is 10.3. The molecule has 0 atom stereocenters. The van der Waals surface area contributed by atoms with Crippen LogP contribution >= 0.6 is 0 Å². The Balaban J connectivity index is 1.66. The molecule has 0 fully saturated rings. The van der Waals surface area contributed by atoms with Crippen LogP contribution in [0.1, 0.15) is 19.0 Å². The largest absolute Gasteiger partial charge is 0.490 e. The summed E-state index contributed by atoms with van der Waals surface area (Å²) in [5.74, 6) is 1.36. The highest BCUT2D eigenvalue weighted by Gasteiger charge is 1.99. The summed E-state index contributed by atoms with van der Waals surface area (Å²) < 4.78 is 11.0. The van der Waals surface area contributed by atoms with Crippen molar-refractivity contribution in [3.63, 3.8) is 0 Å². The third-order valence-corrected chi connectivity index (χ3v) is 2.76. The van der Waals surface area contributed by atoms with Crippen LogP contribution in [0.25, 0.3) is 0 Å². The van der Waals surface area contributed by atoms with Crippen LogP contribution in [-0.2, 0) is 6.54 Å². The first-order valence-corrected chi connectivity index (χ1v) is 7.21. The Morgan fingerprint density at radius 3 is 2.52 bits per heavy atom. The first-order valence-electron chi connectivity index (χ1n) is 7.21. The second kappa shape index (κ2) is 8.92. The van der Waals surface area contributed by atoms with Crippen molar-refractivity contribution in [1.82, 2.24) is 15.3 Å². The maximum atomic E-state index is 5.53.